The second-order valence-corrected chi connectivity index (χ2v) is 6.75. The van der Waals surface area contributed by atoms with E-state index in [1.807, 2.05) is 31.2 Å². The number of hydrogen-bond acceptors (Lipinski definition) is 4. The number of ether oxygens (including phenoxy) is 1. The number of carbonyl (C=O) groups is 3. The summed E-state index contributed by atoms with van der Waals surface area (Å²) >= 11 is 0. The Bertz CT molecular complexity index is 887. The predicted octanol–water partition coefficient (Wildman–Crippen LogP) is 2.82. The third-order valence-electron chi connectivity index (χ3n) is 4.74. The average molecular weight is 366 g/mol. The van der Waals surface area contributed by atoms with Crippen LogP contribution in [0.4, 0.5) is 5.69 Å². The quantitative estimate of drug-likeness (QED) is 0.608. The molecule has 27 heavy (non-hydrogen) atoms. The summed E-state index contributed by atoms with van der Waals surface area (Å²) in [5.74, 6) is -1.24. The maximum Gasteiger partial charge on any atom is 0.339 e. The number of nitrogens with one attached hydrogen (secondary N) is 2. The molecular formula is C21H22N2O4. The Morgan fingerprint density at radius 1 is 1.04 bits per heavy atom. The van der Waals surface area contributed by atoms with E-state index in [0.29, 0.717) is 25.1 Å². The highest BCUT2D eigenvalue weighted by Gasteiger charge is 2.56. The van der Waals surface area contributed by atoms with Gasteiger partial charge in [-0.05, 0) is 37.5 Å². The topological polar surface area (TPSA) is 84.5 Å². The fourth-order valence-electron chi connectivity index (χ4n) is 2.98. The normalized spacial score (nSPS) is 14.1. The van der Waals surface area contributed by atoms with Gasteiger partial charge in [-0.3, -0.25) is 9.59 Å². The minimum absolute atomic E-state index is 0.254. The predicted molar refractivity (Wildman–Crippen MR) is 101 cm³/mol. The number of rotatable bonds is 6. The Morgan fingerprint density at radius 3 is 2.44 bits per heavy atom. The molecule has 6 heteroatoms. The second kappa shape index (κ2) is 7.61. The van der Waals surface area contributed by atoms with Crippen LogP contribution in [0.3, 0.4) is 0 Å². The summed E-state index contributed by atoms with van der Waals surface area (Å²) in [6.07, 6.45) is 0.970. The van der Waals surface area contributed by atoms with E-state index in [4.69, 9.17) is 4.74 Å². The van der Waals surface area contributed by atoms with Crippen LogP contribution in [0.5, 0.6) is 0 Å². The number of carbonyl (C=O) groups excluding carboxylic acids is 3. The van der Waals surface area contributed by atoms with Crippen molar-refractivity contribution < 1.29 is 19.1 Å². The number of anilines is 1. The number of amides is 2. The largest absolute Gasteiger partial charge is 0.465 e. The van der Waals surface area contributed by atoms with Gasteiger partial charge in [0.25, 0.3) is 0 Å². The van der Waals surface area contributed by atoms with Crippen LogP contribution in [-0.4, -0.2) is 24.9 Å². The van der Waals surface area contributed by atoms with Crippen LogP contribution in [0, 0.1) is 12.3 Å². The summed E-state index contributed by atoms with van der Waals surface area (Å²) in [4.78, 5) is 37.2. The van der Waals surface area contributed by atoms with Gasteiger partial charge < -0.3 is 15.4 Å². The third kappa shape index (κ3) is 4.00. The van der Waals surface area contributed by atoms with Crippen molar-refractivity contribution in [3.63, 3.8) is 0 Å². The SMILES string of the molecule is COC(=O)c1ccccc1NC(=O)C1(C(=O)NCc2cccc(C)c2)CC1. The number of hydrogen-bond donors (Lipinski definition) is 2. The number of esters is 1. The molecule has 0 aliphatic heterocycles. The smallest absolute Gasteiger partial charge is 0.339 e. The zero-order valence-corrected chi connectivity index (χ0v) is 15.4. The van der Waals surface area contributed by atoms with Crippen LogP contribution in [0.2, 0.25) is 0 Å². The van der Waals surface area contributed by atoms with E-state index in [1.165, 1.54) is 7.11 Å². The Hall–Kier alpha value is -3.15. The van der Waals surface area contributed by atoms with Gasteiger partial charge in [0.05, 0.1) is 18.4 Å². The van der Waals surface area contributed by atoms with Crippen LogP contribution in [0.25, 0.3) is 0 Å². The highest BCUT2D eigenvalue weighted by molar-refractivity contribution is 6.14. The molecule has 2 amide bonds. The van der Waals surface area contributed by atoms with Crippen LogP contribution >= 0.6 is 0 Å². The van der Waals surface area contributed by atoms with Crippen molar-refractivity contribution in [2.75, 3.05) is 12.4 Å². The van der Waals surface area contributed by atoms with Gasteiger partial charge >= 0.3 is 5.97 Å². The fraction of sp³-hybridized carbons (Fsp3) is 0.286. The molecule has 0 radical (unpaired) electrons. The van der Waals surface area contributed by atoms with Crippen molar-refractivity contribution in [3.8, 4) is 0 Å². The monoisotopic (exact) mass is 366 g/mol. The van der Waals surface area contributed by atoms with Crippen molar-refractivity contribution in [2.45, 2.75) is 26.3 Å². The maximum absolute atomic E-state index is 12.7. The lowest BCUT2D eigenvalue weighted by Crippen LogP contribution is -2.39. The lowest BCUT2D eigenvalue weighted by Gasteiger charge is -2.17. The molecule has 2 N–H and O–H groups in total. The van der Waals surface area contributed by atoms with Crippen LogP contribution in [0.1, 0.15) is 34.3 Å². The molecule has 0 spiro atoms. The highest BCUT2D eigenvalue weighted by atomic mass is 16.5. The number of methoxy groups -OCH3 is 1. The van der Waals surface area contributed by atoms with E-state index in [9.17, 15) is 14.4 Å². The van der Waals surface area contributed by atoms with Crippen LogP contribution < -0.4 is 10.6 Å². The first-order valence-electron chi connectivity index (χ1n) is 8.79. The second-order valence-electron chi connectivity index (χ2n) is 6.75. The molecule has 140 valence electrons. The fourth-order valence-corrected chi connectivity index (χ4v) is 2.98. The molecule has 3 rings (SSSR count). The van der Waals surface area contributed by atoms with Crippen molar-refractivity contribution in [1.82, 2.24) is 5.32 Å². The number of para-hydroxylation sites is 1. The zero-order chi connectivity index (χ0) is 19.4. The summed E-state index contributed by atoms with van der Waals surface area (Å²) in [6.45, 7) is 2.36. The Labute approximate surface area is 157 Å². The van der Waals surface area contributed by atoms with Gasteiger partial charge in [-0.15, -0.1) is 0 Å². The van der Waals surface area contributed by atoms with Crippen LogP contribution in [0.15, 0.2) is 48.5 Å². The molecule has 0 saturated heterocycles. The van der Waals surface area contributed by atoms with E-state index in [2.05, 4.69) is 10.6 Å². The molecule has 0 unspecified atom stereocenters. The van der Waals surface area contributed by atoms with Crippen molar-refractivity contribution in [3.05, 3.63) is 65.2 Å². The molecule has 2 aromatic rings. The molecule has 1 fully saturated rings. The molecule has 0 aromatic heterocycles. The molecule has 1 aliphatic carbocycles. The Morgan fingerprint density at radius 2 is 1.78 bits per heavy atom. The van der Waals surface area contributed by atoms with Gasteiger partial charge in [-0.2, -0.15) is 0 Å². The van der Waals surface area contributed by atoms with Gasteiger partial charge in [0, 0.05) is 6.54 Å². The van der Waals surface area contributed by atoms with Crippen molar-refractivity contribution >= 4 is 23.5 Å². The minimum Gasteiger partial charge on any atom is -0.465 e. The van der Waals surface area contributed by atoms with Crippen molar-refractivity contribution in [2.24, 2.45) is 5.41 Å². The number of benzene rings is 2. The summed E-state index contributed by atoms with van der Waals surface area (Å²) < 4.78 is 4.73. The van der Waals surface area contributed by atoms with E-state index in [-0.39, 0.29) is 11.5 Å². The molecule has 0 bridgehead atoms. The molecule has 1 aliphatic rings. The average Bonchev–Trinajstić information content (AvgIpc) is 3.48. The molecule has 0 atom stereocenters. The maximum atomic E-state index is 12.7. The summed E-state index contributed by atoms with van der Waals surface area (Å²) in [5.41, 5.74) is 1.61. The summed E-state index contributed by atoms with van der Waals surface area (Å²) in [5, 5.41) is 5.57. The molecule has 1 saturated carbocycles. The van der Waals surface area contributed by atoms with Gasteiger partial charge in [0.1, 0.15) is 5.41 Å². The first-order valence-corrected chi connectivity index (χ1v) is 8.79. The Kier molecular flexibility index (Phi) is 5.26. The summed E-state index contributed by atoms with van der Waals surface area (Å²) in [6, 6.07) is 14.4. The van der Waals surface area contributed by atoms with Gasteiger partial charge in [-0.1, -0.05) is 42.0 Å². The highest BCUT2D eigenvalue weighted by Crippen LogP contribution is 2.47. The minimum atomic E-state index is -1.08. The number of aryl methyl sites for hydroxylation is 1. The van der Waals surface area contributed by atoms with Gasteiger partial charge in [0.15, 0.2) is 0 Å². The first-order chi connectivity index (χ1) is 13.0. The van der Waals surface area contributed by atoms with Crippen molar-refractivity contribution in [1.29, 1.82) is 0 Å². The molecule has 0 heterocycles. The van der Waals surface area contributed by atoms with Gasteiger partial charge in [-0.25, -0.2) is 4.79 Å². The summed E-state index contributed by atoms with van der Waals surface area (Å²) in [7, 11) is 1.28. The third-order valence-corrected chi connectivity index (χ3v) is 4.74. The van der Waals surface area contributed by atoms with E-state index < -0.39 is 17.3 Å². The molecule has 6 nitrogen and oxygen atoms in total. The zero-order valence-electron chi connectivity index (χ0n) is 15.4. The van der Waals surface area contributed by atoms with Crippen LogP contribution in [-0.2, 0) is 20.9 Å². The molecule has 2 aromatic carbocycles. The lowest BCUT2D eigenvalue weighted by molar-refractivity contribution is -0.134. The van der Waals surface area contributed by atoms with E-state index in [1.54, 1.807) is 24.3 Å². The molecular weight excluding hydrogens is 344 g/mol. The van der Waals surface area contributed by atoms with E-state index >= 15 is 0 Å². The Balaban J connectivity index is 1.68. The lowest BCUT2D eigenvalue weighted by atomic mass is 10.0. The van der Waals surface area contributed by atoms with Gasteiger partial charge in [0.2, 0.25) is 11.8 Å². The van der Waals surface area contributed by atoms with E-state index in [0.717, 1.165) is 11.1 Å². The first kappa shape index (κ1) is 18.6. The standard InChI is InChI=1S/C21H22N2O4/c1-14-6-5-7-15(12-14)13-22-19(25)21(10-11-21)20(26)23-17-9-4-3-8-16(17)18(24)27-2/h3-9,12H,10-11,13H2,1-2H3,(H,22,25)(H,23,26).